The van der Waals surface area contributed by atoms with Crippen molar-refractivity contribution in [3.63, 3.8) is 0 Å². The Morgan fingerprint density at radius 1 is 1.27 bits per heavy atom. The normalized spacial score (nSPS) is 17.6. The molecule has 1 saturated heterocycles. The summed E-state index contributed by atoms with van der Waals surface area (Å²) in [5, 5.41) is 10.2. The quantitative estimate of drug-likeness (QED) is 0.775. The van der Waals surface area contributed by atoms with Crippen molar-refractivity contribution in [3.8, 4) is 0 Å². The van der Waals surface area contributed by atoms with E-state index in [0.717, 1.165) is 10.9 Å². The lowest BCUT2D eigenvalue weighted by Gasteiger charge is -2.33. The van der Waals surface area contributed by atoms with E-state index in [1.165, 1.54) is 10.1 Å². The van der Waals surface area contributed by atoms with E-state index >= 15 is 0 Å². The highest BCUT2D eigenvalue weighted by Crippen LogP contribution is 2.29. The highest BCUT2D eigenvalue weighted by atomic mass is 16.5. The van der Waals surface area contributed by atoms with Crippen molar-refractivity contribution in [1.82, 2.24) is 19.9 Å². The molecule has 4 rings (SSSR count). The fourth-order valence-corrected chi connectivity index (χ4v) is 3.50. The van der Waals surface area contributed by atoms with E-state index in [4.69, 9.17) is 10.5 Å². The molecule has 3 aromatic rings. The third-order valence-corrected chi connectivity index (χ3v) is 4.82. The van der Waals surface area contributed by atoms with Crippen LogP contribution in [0.2, 0.25) is 0 Å². The number of fused-ring (bicyclic) bond motifs is 1. The summed E-state index contributed by atoms with van der Waals surface area (Å²) in [5.41, 5.74) is 7.77. The standard InChI is InChI=1S/C19H21N5O2/c1-23-18(16(11-20)21-22-23)19(25)24-9-10-26-17(12-24)15-8-4-6-13-5-2-3-7-14(13)15/h2-8,17H,9-12,20H2,1H3. The number of hydrogen-bond donors (Lipinski definition) is 1. The van der Waals surface area contributed by atoms with Crippen LogP contribution in [0, 0.1) is 0 Å². The molecule has 1 fully saturated rings. The minimum atomic E-state index is -0.165. The number of carbonyl (C=O) groups is 1. The molecule has 1 aliphatic rings. The molecule has 0 radical (unpaired) electrons. The summed E-state index contributed by atoms with van der Waals surface area (Å²) < 4.78 is 7.49. The first-order chi connectivity index (χ1) is 12.7. The molecule has 1 atom stereocenters. The highest BCUT2D eigenvalue weighted by molar-refractivity contribution is 5.93. The molecule has 2 aromatic carbocycles. The average Bonchev–Trinajstić information content (AvgIpc) is 3.07. The van der Waals surface area contributed by atoms with Crippen molar-refractivity contribution < 1.29 is 9.53 Å². The van der Waals surface area contributed by atoms with Crippen LogP contribution in [0.4, 0.5) is 0 Å². The van der Waals surface area contributed by atoms with Gasteiger partial charge in [-0.1, -0.05) is 47.7 Å². The van der Waals surface area contributed by atoms with Crippen molar-refractivity contribution in [3.05, 3.63) is 59.4 Å². The predicted octanol–water partition coefficient (Wildman–Crippen LogP) is 1.64. The fourth-order valence-electron chi connectivity index (χ4n) is 3.50. The van der Waals surface area contributed by atoms with Crippen molar-refractivity contribution in [2.24, 2.45) is 12.8 Å². The molecule has 7 nitrogen and oxygen atoms in total. The van der Waals surface area contributed by atoms with Crippen molar-refractivity contribution in [2.45, 2.75) is 12.6 Å². The van der Waals surface area contributed by atoms with Gasteiger partial charge in [-0.25, -0.2) is 4.68 Å². The zero-order valence-corrected chi connectivity index (χ0v) is 14.6. The van der Waals surface area contributed by atoms with Crippen molar-refractivity contribution >= 4 is 16.7 Å². The Morgan fingerprint density at radius 3 is 2.92 bits per heavy atom. The Morgan fingerprint density at radius 2 is 2.08 bits per heavy atom. The van der Waals surface area contributed by atoms with Crippen LogP contribution in [0.1, 0.15) is 27.8 Å². The Labute approximate surface area is 151 Å². The molecule has 134 valence electrons. The number of benzene rings is 2. The lowest BCUT2D eigenvalue weighted by molar-refractivity contribution is -0.0225. The number of rotatable bonds is 3. The number of morpholine rings is 1. The maximum absolute atomic E-state index is 13.0. The molecule has 1 unspecified atom stereocenters. The summed E-state index contributed by atoms with van der Waals surface area (Å²) in [7, 11) is 1.71. The van der Waals surface area contributed by atoms with Crippen LogP contribution in [0.15, 0.2) is 42.5 Å². The van der Waals surface area contributed by atoms with E-state index in [-0.39, 0.29) is 18.6 Å². The summed E-state index contributed by atoms with van der Waals surface area (Å²) >= 11 is 0. The molecule has 1 aliphatic heterocycles. The van der Waals surface area contributed by atoms with Gasteiger partial charge in [-0.2, -0.15) is 0 Å². The highest BCUT2D eigenvalue weighted by Gasteiger charge is 2.30. The van der Waals surface area contributed by atoms with E-state index in [9.17, 15) is 4.79 Å². The first-order valence-electron chi connectivity index (χ1n) is 8.66. The molecular weight excluding hydrogens is 330 g/mol. The smallest absolute Gasteiger partial charge is 0.274 e. The van der Waals surface area contributed by atoms with Gasteiger partial charge < -0.3 is 15.4 Å². The first kappa shape index (κ1) is 16.7. The lowest BCUT2D eigenvalue weighted by atomic mass is 9.99. The van der Waals surface area contributed by atoms with Gasteiger partial charge in [0.1, 0.15) is 11.8 Å². The SMILES string of the molecule is Cn1nnc(CN)c1C(=O)N1CCOC(c2cccc3ccccc23)C1. The topological polar surface area (TPSA) is 86.3 Å². The number of aryl methyl sites for hydroxylation is 1. The summed E-state index contributed by atoms with van der Waals surface area (Å²) in [6.07, 6.45) is -0.165. The third-order valence-electron chi connectivity index (χ3n) is 4.82. The van der Waals surface area contributed by atoms with Crippen molar-refractivity contribution in [1.29, 1.82) is 0 Å². The van der Waals surface area contributed by atoms with Crippen LogP contribution < -0.4 is 5.73 Å². The van der Waals surface area contributed by atoms with E-state index in [1.54, 1.807) is 11.9 Å². The molecule has 0 aliphatic carbocycles. The molecule has 0 saturated carbocycles. The van der Waals surface area contributed by atoms with E-state index < -0.39 is 0 Å². The van der Waals surface area contributed by atoms with Gasteiger partial charge in [0, 0.05) is 20.1 Å². The molecule has 26 heavy (non-hydrogen) atoms. The largest absolute Gasteiger partial charge is 0.370 e. The van der Waals surface area contributed by atoms with Gasteiger partial charge in [-0.05, 0) is 16.3 Å². The van der Waals surface area contributed by atoms with Gasteiger partial charge >= 0.3 is 0 Å². The fraction of sp³-hybridized carbons (Fsp3) is 0.316. The molecular formula is C19H21N5O2. The second-order valence-corrected chi connectivity index (χ2v) is 6.39. The van der Waals surface area contributed by atoms with Crippen molar-refractivity contribution in [2.75, 3.05) is 19.7 Å². The molecule has 1 amide bonds. The first-order valence-corrected chi connectivity index (χ1v) is 8.66. The van der Waals surface area contributed by atoms with Crippen LogP contribution in [-0.2, 0) is 18.3 Å². The number of aromatic nitrogens is 3. The Bertz CT molecular complexity index is 947. The van der Waals surface area contributed by atoms with Crippen LogP contribution in [0.3, 0.4) is 0 Å². The molecule has 0 bridgehead atoms. The predicted molar refractivity (Wildman–Crippen MR) is 97.4 cm³/mol. The van der Waals surface area contributed by atoms with Gasteiger partial charge in [0.15, 0.2) is 5.69 Å². The molecule has 1 aromatic heterocycles. The molecule has 0 spiro atoms. The van der Waals surface area contributed by atoms with E-state index in [0.29, 0.717) is 31.1 Å². The number of hydrogen-bond acceptors (Lipinski definition) is 5. The van der Waals surface area contributed by atoms with Gasteiger partial charge in [-0.3, -0.25) is 4.79 Å². The van der Waals surface area contributed by atoms with Crippen LogP contribution in [0.5, 0.6) is 0 Å². The zero-order valence-electron chi connectivity index (χ0n) is 14.6. The Kier molecular flexibility index (Phi) is 4.40. The van der Waals surface area contributed by atoms with Gasteiger partial charge in [0.25, 0.3) is 5.91 Å². The molecule has 7 heteroatoms. The van der Waals surface area contributed by atoms with Gasteiger partial charge in [0.05, 0.1) is 13.2 Å². The van der Waals surface area contributed by atoms with Gasteiger partial charge in [-0.15, -0.1) is 5.10 Å². The maximum atomic E-state index is 13.0. The zero-order chi connectivity index (χ0) is 18.1. The number of ether oxygens (including phenoxy) is 1. The van der Waals surface area contributed by atoms with E-state index in [1.807, 2.05) is 18.2 Å². The van der Waals surface area contributed by atoms with E-state index in [2.05, 4.69) is 34.6 Å². The Hall–Kier alpha value is -2.77. The molecule has 2 heterocycles. The Balaban J connectivity index is 1.63. The second-order valence-electron chi connectivity index (χ2n) is 6.39. The summed E-state index contributed by atoms with van der Waals surface area (Å²) in [6.45, 7) is 1.70. The maximum Gasteiger partial charge on any atom is 0.274 e. The summed E-state index contributed by atoms with van der Waals surface area (Å²) in [6, 6.07) is 14.4. The summed E-state index contributed by atoms with van der Waals surface area (Å²) in [4.78, 5) is 14.8. The minimum absolute atomic E-state index is 0.105. The molecule has 2 N–H and O–H groups in total. The number of amides is 1. The monoisotopic (exact) mass is 351 g/mol. The minimum Gasteiger partial charge on any atom is -0.370 e. The van der Waals surface area contributed by atoms with Crippen LogP contribution >= 0.6 is 0 Å². The van der Waals surface area contributed by atoms with Gasteiger partial charge in [0.2, 0.25) is 0 Å². The number of carbonyl (C=O) groups excluding carboxylic acids is 1. The average molecular weight is 351 g/mol. The van der Waals surface area contributed by atoms with Crippen LogP contribution in [0.25, 0.3) is 10.8 Å². The number of nitrogens with zero attached hydrogens (tertiary/aromatic N) is 4. The lowest BCUT2D eigenvalue weighted by Crippen LogP contribution is -2.43. The second kappa shape index (κ2) is 6.86. The van der Waals surface area contributed by atoms with Crippen LogP contribution in [-0.4, -0.2) is 45.5 Å². The summed E-state index contributed by atoms with van der Waals surface area (Å²) in [5.74, 6) is -0.105. The number of nitrogens with two attached hydrogens (primary N) is 1. The third kappa shape index (κ3) is 2.85.